The summed E-state index contributed by atoms with van der Waals surface area (Å²) in [6.07, 6.45) is 0. The molecule has 0 fully saturated rings. The molecule has 0 aliphatic rings. The van der Waals surface area contributed by atoms with Crippen molar-refractivity contribution in [2.24, 2.45) is 0 Å². The zero-order valence-electron chi connectivity index (χ0n) is 9.72. The van der Waals surface area contributed by atoms with Crippen molar-refractivity contribution in [2.45, 2.75) is 9.79 Å². The average Bonchev–Trinajstić information content (AvgIpc) is 2.39. The molecule has 0 saturated carbocycles. The zero-order chi connectivity index (χ0) is 13.2. The summed E-state index contributed by atoms with van der Waals surface area (Å²) < 4.78 is 37.2. The molecule has 2 aromatic rings. The molecular formula is C13H12FNO2S. The van der Waals surface area contributed by atoms with Crippen LogP contribution in [0.25, 0.3) is 0 Å². The molecule has 5 heteroatoms. The third-order valence-electron chi connectivity index (χ3n) is 2.58. The number of halogens is 1. The van der Waals surface area contributed by atoms with Gasteiger partial charge in [0.1, 0.15) is 5.82 Å². The Morgan fingerprint density at radius 3 is 1.78 bits per heavy atom. The molecule has 1 N–H and O–H groups in total. The first kappa shape index (κ1) is 12.6. The molecule has 94 valence electrons. The van der Waals surface area contributed by atoms with Gasteiger partial charge in [-0.2, -0.15) is 0 Å². The highest BCUT2D eigenvalue weighted by Crippen LogP contribution is 2.22. The molecule has 0 heterocycles. The maximum absolute atomic E-state index is 12.8. The van der Waals surface area contributed by atoms with Crippen molar-refractivity contribution in [1.29, 1.82) is 0 Å². The van der Waals surface area contributed by atoms with Crippen LogP contribution in [0.15, 0.2) is 58.3 Å². The van der Waals surface area contributed by atoms with Gasteiger partial charge in [0, 0.05) is 12.7 Å². The molecule has 0 amide bonds. The van der Waals surface area contributed by atoms with Gasteiger partial charge in [-0.25, -0.2) is 12.8 Å². The lowest BCUT2D eigenvalue weighted by molar-refractivity contribution is 0.595. The van der Waals surface area contributed by atoms with Gasteiger partial charge in [0.25, 0.3) is 0 Å². The van der Waals surface area contributed by atoms with E-state index in [0.717, 1.165) is 17.8 Å². The van der Waals surface area contributed by atoms with E-state index in [-0.39, 0.29) is 9.79 Å². The Labute approximate surface area is 105 Å². The highest BCUT2D eigenvalue weighted by atomic mass is 32.2. The maximum atomic E-state index is 12.8. The predicted octanol–water partition coefficient (Wildman–Crippen LogP) is 2.70. The molecule has 0 radical (unpaired) electrons. The van der Waals surface area contributed by atoms with Crippen molar-refractivity contribution in [3.63, 3.8) is 0 Å². The van der Waals surface area contributed by atoms with E-state index in [9.17, 15) is 12.8 Å². The summed E-state index contributed by atoms with van der Waals surface area (Å²) in [6.45, 7) is 0. The van der Waals surface area contributed by atoms with Gasteiger partial charge in [0.2, 0.25) is 9.84 Å². The Morgan fingerprint density at radius 1 is 0.889 bits per heavy atom. The third kappa shape index (κ3) is 2.36. The Hall–Kier alpha value is -1.88. The quantitative estimate of drug-likeness (QED) is 0.868. The van der Waals surface area contributed by atoms with Crippen LogP contribution in [0.4, 0.5) is 10.1 Å². The topological polar surface area (TPSA) is 46.2 Å². The monoisotopic (exact) mass is 265 g/mol. The smallest absolute Gasteiger partial charge is 0.206 e. The van der Waals surface area contributed by atoms with E-state index in [4.69, 9.17) is 0 Å². The lowest BCUT2D eigenvalue weighted by Crippen LogP contribution is -2.02. The minimum Gasteiger partial charge on any atom is -0.388 e. The Morgan fingerprint density at radius 2 is 1.33 bits per heavy atom. The second-order valence-electron chi connectivity index (χ2n) is 3.73. The molecule has 0 saturated heterocycles. The van der Waals surface area contributed by atoms with Gasteiger partial charge in [-0.3, -0.25) is 0 Å². The predicted molar refractivity (Wildman–Crippen MR) is 67.8 cm³/mol. The molecule has 0 aromatic heterocycles. The van der Waals surface area contributed by atoms with E-state index >= 15 is 0 Å². The summed E-state index contributed by atoms with van der Waals surface area (Å²) in [7, 11) is -1.82. The van der Waals surface area contributed by atoms with E-state index in [1.807, 2.05) is 0 Å². The van der Waals surface area contributed by atoms with E-state index in [2.05, 4.69) is 5.32 Å². The number of benzene rings is 2. The van der Waals surface area contributed by atoms with Gasteiger partial charge in [0.05, 0.1) is 9.79 Å². The molecule has 3 nitrogen and oxygen atoms in total. The Balaban J connectivity index is 2.44. The number of nitrogens with one attached hydrogen (secondary N) is 1. The van der Waals surface area contributed by atoms with Crippen molar-refractivity contribution in [3.05, 3.63) is 54.3 Å². The van der Waals surface area contributed by atoms with Crippen LogP contribution in [0.1, 0.15) is 0 Å². The van der Waals surface area contributed by atoms with Crippen molar-refractivity contribution < 1.29 is 12.8 Å². The molecule has 18 heavy (non-hydrogen) atoms. The molecular weight excluding hydrogens is 253 g/mol. The Kier molecular flexibility index (Phi) is 3.34. The van der Waals surface area contributed by atoms with E-state index < -0.39 is 15.7 Å². The molecule has 0 atom stereocenters. The Bertz CT molecular complexity index is 634. The van der Waals surface area contributed by atoms with Crippen LogP contribution in [0, 0.1) is 5.82 Å². The SMILES string of the molecule is CNc1ccc(S(=O)(=O)c2ccc(F)cc2)cc1. The number of hydrogen-bond donors (Lipinski definition) is 1. The highest BCUT2D eigenvalue weighted by molar-refractivity contribution is 7.91. The summed E-state index contributed by atoms with van der Waals surface area (Å²) in [5.74, 6) is -0.459. The van der Waals surface area contributed by atoms with Gasteiger partial charge in [-0.05, 0) is 48.5 Å². The van der Waals surface area contributed by atoms with Crippen LogP contribution in [0.3, 0.4) is 0 Å². The van der Waals surface area contributed by atoms with E-state index in [1.54, 1.807) is 19.2 Å². The zero-order valence-corrected chi connectivity index (χ0v) is 10.5. The standard InChI is InChI=1S/C13H12FNO2S/c1-15-11-4-8-13(9-5-11)18(16,17)12-6-2-10(14)3-7-12/h2-9,15H,1H3. The molecule has 0 aliphatic carbocycles. The summed E-state index contributed by atoms with van der Waals surface area (Å²) in [5, 5.41) is 2.91. The molecule has 2 rings (SSSR count). The van der Waals surface area contributed by atoms with Gasteiger partial charge < -0.3 is 5.32 Å². The van der Waals surface area contributed by atoms with Crippen LogP contribution in [0.2, 0.25) is 0 Å². The van der Waals surface area contributed by atoms with Crippen LogP contribution in [0.5, 0.6) is 0 Å². The minimum atomic E-state index is -3.58. The molecule has 0 aliphatic heterocycles. The summed E-state index contributed by atoms with van der Waals surface area (Å²) in [6, 6.07) is 11.2. The van der Waals surface area contributed by atoms with Gasteiger partial charge in [0.15, 0.2) is 0 Å². The van der Waals surface area contributed by atoms with Gasteiger partial charge in [-0.15, -0.1) is 0 Å². The molecule has 0 spiro atoms. The lowest BCUT2D eigenvalue weighted by atomic mass is 10.3. The van der Waals surface area contributed by atoms with Crippen molar-refractivity contribution in [2.75, 3.05) is 12.4 Å². The van der Waals surface area contributed by atoms with Gasteiger partial charge in [-0.1, -0.05) is 0 Å². The summed E-state index contributed by atoms with van der Waals surface area (Å²) in [4.78, 5) is 0.272. The third-order valence-corrected chi connectivity index (χ3v) is 4.36. The highest BCUT2D eigenvalue weighted by Gasteiger charge is 2.17. The summed E-state index contributed by atoms with van der Waals surface area (Å²) in [5.41, 5.74) is 0.827. The first-order chi connectivity index (χ1) is 8.54. The second-order valence-corrected chi connectivity index (χ2v) is 5.68. The van der Waals surface area contributed by atoms with Crippen molar-refractivity contribution in [1.82, 2.24) is 0 Å². The number of sulfone groups is 1. The number of anilines is 1. The fraction of sp³-hybridized carbons (Fsp3) is 0.0769. The number of hydrogen-bond acceptors (Lipinski definition) is 3. The fourth-order valence-corrected chi connectivity index (χ4v) is 2.81. The second kappa shape index (κ2) is 4.78. The normalized spacial score (nSPS) is 11.2. The minimum absolute atomic E-state index is 0.0844. The van der Waals surface area contributed by atoms with Gasteiger partial charge >= 0.3 is 0 Å². The average molecular weight is 265 g/mol. The first-order valence-electron chi connectivity index (χ1n) is 5.32. The van der Waals surface area contributed by atoms with Crippen molar-refractivity contribution >= 4 is 15.5 Å². The molecule has 2 aromatic carbocycles. The molecule has 0 unspecified atom stereocenters. The molecule has 0 bridgehead atoms. The van der Waals surface area contributed by atoms with Crippen molar-refractivity contribution in [3.8, 4) is 0 Å². The maximum Gasteiger partial charge on any atom is 0.206 e. The van der Waals surface area contributed by atoms with Crippen LogP contribution >= 0.6 is 0 Å². The van der Waals surface area contributed by atoms with Crippen LogP contribution in [-0.2, 0) is 9.84 Å². The first-order valence-corrected chi connectivity index (χ1v) is 6.81. The fourth-order valence-electron chi connectivity index (χ4n) is 1.55. The summed E-state index contributed by atoms with van der Waals surface area (Å²) >= 11 is 0. The van der Waals surface area contributed by atoms with E-state index in [1.165, 1.54) is 24.3 Å². The largest absolute Gasteiger partial charge is 0.388 e. The van der Waals surface area contributed by atoms with Crippen LogP contribution < -0.4 is 5.32 Å². The van der Waals surface area contributed by atoms with Crippen LogP contribution in [-0.4, -0.2) is 15.5 Å². The number of rotatable bonds is 3. The lowest BCUT2D eigenvalue weighted by Gasteiger charge is -2.06. The van der Waals surface area contributed by atoms with E-state index in [0.29, 0.717) is 0 Å².